The number of rotatable bonds is 17. The van der Waals surface area contributed by atoms with Crippen LogP contribution in [0.5, 0.6) is 0 Å². The van der Waals surface area contributed by atoms with E-state index in [-0.39, 0.29) is 43.6 Å². The Bertz CT molecular complexity index is 3640. The maximum Gasteiger partial charge on any atom is 0.246 e. The second-order valence-electron chi connectivity index (χ2n) is 25.3. The van der Waals surface area contributed by atoms with E-state index in [1.165, 1.54) is 32.0 Å². The van der Waals surface area contributed by atoms with Crippen molar-refractivity contribution in [1.29, 1.82) is 0 Å². The molecule has 3 aliphatic rings. The number of aliphatic hydroxyl groups is 1. The van der Waals surface area contributed by atoms with Gasteiger partial charge in [-0.1, -0.05) is 63.4 Å². The second kappa shape index (κ2) is 44.2. The van der Waals surface area contributed by atoms with Crippen molar-refractivity contribution in [2.24, 2.45) is 34.6 Å². The molecule has 0 spiro atoms. The number of nitrogens with one attached hydrogen (secondary N) is 16. The summed E-state index contributed by atoms with van der Waals surface area (Å²) in [6.45, 7) is 2.76. The number of imidazole rings is 2. The van der Waals surface area contributed by atoms with Gasteiger partial charge >= 0.3 is 0 Å². The van der Waals surface area contributed by atoms with Crippen molar-refractivity contribution >= 4 is 155 Å². The lowest BCUT2D eigenvalue weighted by Gasteiger charge is -2.30. The van der Waals surface area contributed by atoms with Crippen LogP contribution in [0.4, 0.5) is 0 Å². The molecule has 2 aromatic heterocycles. The Kier molecular flexibility index (Phi) is 36.2. The molecule has 2 bridgehead atoms. The third-order valence-corrected chi connectivity index (χ3v) is 21.7. The molecule has 44 nitrogen and oxygen atoms in total. The highest BCUT2D eigenvalue weighted by Crippen LogP contribution is 2.26. The molecule has 27 N–H and O–H groups in total. The Morgan fingerprint density at radius 2 is 1.05 bits per heavy atom. The zero-order valence-corrected chi connectivity index (χ0v) is 62.8. The van der Waals surface area contributed by atoms with E-state index in [4.69, 9.17) is 28.7 Å². The molecule has 2 aromatic rings. The third-order valence-electron chi connectivity index (χ3n) is 16.8. The van der Waals surface area contributed by atoms with E-state index in [0.29, 0.717) is 0 Å². The van der Waals surface area contributed by atoms with Gasteiger partial charge in [-0.05, 0) is 39.0 Å². The van der Waals surface area contributed by atoms with Crippen LogP contribution >= 0.6 is 43.2 Å². The summed E-state index contributed by atoms with van der Waals surface area (Å²) < 4.78 is 0. The predicted molar refractivity (Wildman–Crippen MR) is 389 cm³/mol. The molecular formula is C61H92N24O20S4. The number of primary amides is 4. The van der Waals surface area contributed by atoms with Crippen LogP contribution in [0.1, 0.15) is 84.0 Å². The SMILES string of the molecule is CC[C@H](C)[C@@H]1NC(=O)[C@H](Cc2c[nH]cn2)NC(=O)[C@H](CCC(N)=O)NC(=O)[C@H](CC(N)=O)NC(=O)[C@H](CC(N)=O)NC(=O)CNC(=O)[C@H](C)NC(=O)[C@@H]2CSSC[C@H](NC(=O)CN)C(=O)N[C@@H](CSSC[C@@H](C(N)=O)NC1=O)C(=O)N[C@@H](CO)C(=O)N[C@@H](Cc1c[nH]cn1)C(=O)N1CCC[C@H]1C(=O)N[C@@H](C)C(=O)N2. The molecule has 0 saturated carbocycles. The fraction of sp³-hybridized carbons (Fsp3) is 0.590. The highest BCUT2D eigenvalue weighted by Gasteiger charge is 2.42. The molecule has 3 saturated heterocycles. The third kappa shape index (κ3) is 29.0. The maximum atomic E-state index is 14.6. The van der Waals surface area contributed by atoms with Crippen LogP contribution < -0.4 is 103 Å². The number of amides is 19. The van der Waals surface area contributed by atoms with Gasteiger partial charge in [-0.3, -0.25) is 91.1 Å². The van der Waals surface area contributed by atoms with Crippen molar-refractivity contribution in [2.75, 3.05) is 49.3 Å². The van der Waals surface area contributed by atoms with E-state index in [9.17, 15) is 96.2 Å². The first-order valence-electron chi connectivity index (χ1n) is 34.0. The first-order chi connectivity index (χ1) is 51.6. The number of H-pyrrole nitrogens is 2. The standard InChI is InChI=1S/C61H92N24O20S4/c1-5-26(2)47-60(104)81-37(48(66)92)20-106-108-23-40-58(102)80-36(19-86)55(99)79-35(12-30-17-68-25-71-30)61(105)85-10-6-7-41(85)59(103)73-28(4)50(94)82-39(22-109-107-21-38(57(101)83-40)75-45(90)15-62)56(100)72-27(3)49(93)69-18-46(91)74-33(13-43(64)88)52(96)78-34(14-44(65)89)53(97)76-31(8-9-42(63)87)51(95)77-32(54(98)84-47)11-29-16-67-24-70-29/h16-17,24-28,31-41,47,86H,5-15,18-23,62H2,1-4H3,(H2,63,87)(H2,64,88)(H2,65,89)(H2,66,92)(H,67,70)(H,68,71)(H,69,93)(H,72,100)(H,73,103)(H,74,91)(H,75,90)(H,76,97)(H,77,95)(H,78,96)(H,79,99)(H,80,102)(H,81,104)(H,82,94)(H,83,101)(H,84,98)/t26-,27-,28-,31-,32-,33-,34-,35-,36-,37-,38-,39-,40-,41-,47-/m0/s1. The number of fused-ring (bicyclic) bond motifs is 9. The first kappa shape index (κ1) is 89.3. The molecule has 5 rings (SSSR count). The van der Waals surface area contributed by atoms with Gasteiger partial charge in [0.2, 0.25) is 112 Å². The summed E-state index contributed by atoms with van der Waals surface area (Å²) in [7, 11) is 3.23. The highest BCUT2D eigenvalue weighted by molar-refractivity contribution is 8.77. The number of hydrogen-bond donors (Lipinski definition) is 22. The van der Waals surface area contributed by atoms with E-state index < -0.39 is 278 Å². The molecule has 15 atom stereocenters. The zero-order valence-electron chi connectivity index (χ0n) is 59.6. The minimum absolute atomic E-state index is 0.0422. The monoisotopic (exact) mass is 1610 g/mol. The van der Waals surface area contributed by atoms with Crippen molar-refractivity contribution in [1.82, 2.24) is 99.3 Å². The number of aromatic nitrogens is 4. The minimum atomic E-state index is -2.04. The fourth-order valence-electron chi connectivity index (χ4n) is 10.6. The first-order valence-corrected chi connectivity index (χ1v) is 39.0. The van der Waals surface area contributed by atoms with Crippen molar-refractivity contribution < 1.29 is 96.2 Å². The maximum absolute atomic E-state index is 14.6. The quantitative estimate of drug-likeness (QED) is 0.0654. The number of nitrogens with zero attached hydrogens (tertiary/aromatic N) is 3. The Labute approximate surface area is 638 Å². The molecule has 109 heavy (non-hydrogen) atoms. The largest absolute Gasteiger partial charge is 0.394 e. The van der Waals surface area contributed by atoms with Crippen molar-refractivity contribution in [3.63, 3.8) is 0 Å². The summed E-state index contributed by atoms with van der Waals surface area (Å²) >= 11 is 0. The van der Waals surface area contributed by atoms with Gasteiger partial charge in [0, 0.05) is 61.2 Å². The van der Waals surface area contributed by atoms with Gasteiger partial charge < -0.3 is 123 Å². The summed E-state index contributed by atoms with van der Waals surface area (Å²) in [5.41, 5.74) is 28.2. The van der Waals surface area contributed by atoms with Crippen LogP contribution in [0.2, 0.25) is 0 Å². The lowest BCUT2D eigenvalue weighted by Crippen LogP contribution is -2.61. The van der Waals surface area contributed by atoms with Gasteiger partial charge in [-0.2, -0.15) is 0 Å². The van der Waals surface area contributed by atoms with E-state index in [2.05, 4.69) is 94.4 Å². The molecule has 0 aliphatic carbocycles. The zero-order chi connectivity index (χ0) is 80.8. The summed E-state index contributed by atoms with van der Waals surface area (Å²) in [5, 5.41) is 44.3. The van der Waals surface area contributed by atoms with Crippen molar-refractivity contribution in [2.45, 2.75) is 170 Å². The molecule has 0 unspecified atom stereocenters. The van der Waals surface area contributed by atoms with Gasteiger partial charge in [0.05, 0.1) is 56.6 Å². The van der Waals surface area contributed by atoms with Crippen LogP contribution in [0.15, 0.2) is 25.0 Å². The van der Waals surface area contributed by atoms with Gasteiger partial charge in [-0.25, -0.2) is 9.97 Å². The van der Waals surface area contributed by atoms with Crippen LogP contribution in [0.3, 0.4) is 0 Å². The van der Waals surface area contributed by atoms with Crippen LogP contribution in [-0.4, -0.2) is 276 Å². The number of carbonyl (C=O) groups is 19. The number of hydrogen-bond acceptors (Lipinski definition) is 27. The topological polar surface area (TPSA) is 704 Å². The molecule has 3 aliphatic heterocycles. The Hall–Kier alpha value is -10.3. The number of carbonyl (C=O) groups excluding carboxylic acids is 19. The van der Waals surface area contributed by atoms with Crippen LogP contribution in [0.25, 0.3) is 0 Å². The van der Waals surface area contributed by atoms with Crippen molar-refractivity contribution in [3.05, 3.63) is 36.4 Å². The Morgan fingerprint density at radius 1 is 0.550 bits per heavy atom. The number of aliphatic hydroxyl groups excluding tert-OH is 1. The summed E-state index contributed by atoms with van der Waals surface area (Å²) in [6.07, 6.45) is 1.79. The molecular weight excluding hydrogens is 1520 g/mol. The molecule has 48 heteroatoms. The predicted octanol–water partition coefficient (Wildman–Crippen LogP) is -11.3. The normalized spacial score (nSPS) is 27.3. The number of aromatic amines is 2. The highest BCUT2D eigenvalue weighted by atomic mass is 33.1. The number of nitrogens with two attached hydrogens (primary N) is 5. The minimum Gasteiger partial charge on any atom is -0.394 e. The average molecular weight is 1610 g/mol. The second-order valence-corrected chi connectivity index (χ2v) is 30.4. The van der Waals surface area contributed by atoms with E-state index in [1.54, 1.807) is 13.8 Å². The molecule has 600 valence electrons. The van der Waals surface area contributed by atoms with Gasteiger partial charge in [-0.15, -0.1) is 0 Å². The van der Waals surface area contributed by atoms with Crippen LogP contribution in [-0.2, 0) is 104 Å². The Balaban J connectivity index is 1.62. The lowest BCUT2D eigenvalue weighted by molar-refractivity contribution is -0.142. The van der Waals surface area contributed by atoms with E-state index >= 15 is 0 Å². The Morgan fingerprint density at radius 3 is 1.61 bits per heavy atom. The van der Waals surface area contributed by atoms with Gasteiger partial charge in [0.25, 0.3) is 0 Å². The summed E-state index contributed by atoms with van der Waals surface area (Å²) in [5.74, 6) is -23.3. The fourth-order valence-corrected chi connectivity index (χ4v) is 15.3. The van der Waals surface area contributed by atoms with Crippen LogP contribution in [0, 0.1) is 5.92 Å². The van der Waals surface area contributed by atoms with Gasteiger partial charge in [0.15, 0.2) is 0 Å². The molecule has 0 aromatic carbocycles. The van der Waals surface area contributed by atoms with Gasteiger partial charge in [0.1, 0.15) is 84.6 Å². The summed E-state index contributed by atoms with van der Waals surface area (Å²) in [6, 6.07) is -23.4. The van der Waals surface area contributed by atoms with E-state index in [0.717, 1.165) is 55.0 Å². The smallest absolute Gasteiger partial charge is 0.246 e. The molecule has 19 amide bonds. The lowest BCUT2D eigenvalue weighted by atomic mass is 9.97. The average Bonchev–Trinajstić information content (AvgIpc) is 1.73. The molecule has 5 heterocycles. The van der Waals surface area contributed by atoms with E-state index in [1.807, 2.05) is 0 Å². The van der Waals surface area contributed by atoms with Crippen molar-refractivity contribution in [3.8, 4) is 0 Å². The molecule has 3 fully saturated rings. The summed E-state index contributed by atoms with van der Waals surface area (Å²) in [4.78, 5) is 277. The molecule has 0 radical (unpaired) electrons.